The van der Waals surface area contributed by atoms with Crippen LogP contribution in [-0.2, 0) is 9.53 Å². The summed E-state index contributed by atoms with van der Waals surface area (Å²) in [4.78, 5) is 18.0. The summed E-state index contributed by atoms with van der Waals surface area (Å²) < 4.78 is 5.90. The number of amides is 1. The van der Waals surface area contributed by atoms with E-state index < -0.39 is 0 Å². The number of hydrogen-bond donors (Lipinski definition) is 0. The average molecular weight is 313 g/mol. The summed E-state index contributed by atoms with van der Waals surface area (Å²) in [6.07, 6.45) is 2.36. The standard InChI is InChI=1S/C15H29N3O2.C2H6/c1-4-17-5-7-18(8-6-17)9-10-20-15-11-14(12-15)16(3)13(2)19;1-2/h14-15H,4-12H2,1-3H3;1-2H3. The second-order valence-corrected chi connectivity index (χ2v) is 6.02. The molecule has 0 N–H and O–H groups in total. The van der Waals surface area contributed by atoms with Crippen LogP contribution < -0.4 is 0 Å². The molecule has 2 aliphatic rings. The Morgan fingerprint density at radius 1 is 1.14 bits per heavy atom. The Balaban J connectivity index is 0.00000116. The van der Waals surface area contributed by atoms with Gasteiger partial charge in [0, 0.05) is 52.7 Å². The van der Waals surface area contributed by atoms with Gasteiger partial charge in [-0.25, -0.2) is 0 Å². The van der Waals surface area contributed by atoms with Crippen LogP contribution >= 0.6 is 0 Å². The molecule has 1 amide bonds. The van der Waals surface area contributed by atoms with E-state index in [1.54, 1.807) is 6.92 Å². The number of piperazine rings is 1. The summed E-state index contributed by atoms with van der Waals surface area (Å²) in [5.41, 5.74) is 0. The molecule has 0 aromatic carbocycles. The number of carbonyl (C=O) groups excluding carboxylic acids is 1. The highest BCUT2D eigenvalue weighted by atomic mass is 16.5. The minimum absolute atomic E-state index is 0.155. The Bertz CT molecular complexity index is 311. The topological polar surface area (TPSA) is 36.0 Å². The van der Waals surface area contributed by atoms with Gasteiger partial charge in [-0.3, -0.25) is 9.69 Å². The molecule has 1 aliphatic heterocycles. The number of hydrogen-bond acceptors (Lipinski definition) is 4. The van der Waals surface area contributed by atoms with Gasteiger partial charge in [-0.15, -0.1) is 0 Å². The van der Waals surface area contributed by atoms with Crippen molar-refractivity contribution in [1.29, 1.82) is 0 Å². The van der Waals surface area contributed by atoms with Crippen molar-refractivity contribution in [1.82, 2.24) is 14.7 Å². The molecule has 1 saturated heterocycles. The van der Waals surface area contributed by atoms with E-state index in [9.17, 15) is 4.79 Å². The van der Waals surface area contributed by atoms with Gasteiger partial charge < -0.3 is 14.5 Å². The zero-order valence-electron chi connectivity index (χ0n) is 15.2. The number of ether oxygens (including phenoxy) is 1. The summed E-state index contributed by atoms with van der Waals surface area (Å²) in [5, 5.41) is 0. The van der Waals surface area contributed by atoms with Crippen LogP contribution in [0.5, 0.6) is 0 Å². The Labute approximate surface area is 136 Å². The summed E-state index contributed by atoms with van der Waals surface area (Å²) in [7, 11) is 1.89. The SMILES string of the molecule is CC.CCN1CCN(CCOC2CC(N(C)C(C)=O)C2)CC1. The lowest BCUT2D eigenvalue weighted by Gasteiger charge is -2.41. The fraction of sp³-hybridized carbons (Fsp3) is 0.941. The third kappa shape index (κ3) is 5.86. The third-order valence-electron chi connectivity index (χ3n) is 4.79. The maximum Gasteiger partial charge on any atom is 0.219 e. The lowest BCUT2D eigenvalue weighted by Crippen LogP contribution is -2.49. The van der Waals surface area contributed by atoms with Crippen LogP contribution in [0.15, 0.2) is 0 Å². The van der Waals surface area contributed by atoms with E-state index in [-0.39, 0.29) is 5.91 Å². The van der Waals surface area contributed by atoms with Gasteiger partial charge in [-0.1, -0.05) is 20.8 Å². The second kappa shape index (κ2) is 10.2. The normalized spacial score (nSPS) is 25.9. The van der Waals surface area contributed by atoms with Crippen molar-refractivity contribution in [2.75, 3.05) is 52.9 Å². The van der Waals surface area contributed by atoms with Crippen LogP contribution in [0.1, 0.15) is 40.5 Å². The molecular formula is C17H35N3O2. The van der Waals surface area contributed by atoms with Gasteiger partial charge in [0.2, 0.25) is 5.91 Å². The summed E-state index contributed by atoms with van der Waals surface area (Å²) >= 11 is 0. The molecule has 5 nitrogen and oxygen atoms in total. The smallest absolute Gasteiger partial charge is 0.219 e. The maximum absolute atomic E-state index is 11.2. The van der Waals surface area contributed by atoms with E-state index in [1.807, 2.05) is 25.8 Å². The monoisotopic (exact) mass is 313 g/mol. The lowest BCUT2D eigenvalue weighted by atomic mass is 9.88. The van der Waals surface area contributed by atoms with Crippen molar-refractivity contribution < 1.29 is 9.53 Å². The first-order chi connectivity index (χ1) is 10.6. The van der Waals surface area contributed by atoms with E-state index in [1.165, 1.54) is 13.1 Å². The van der Waals surface area contributed by atoms with Gasteiger partial charge in [0.1, 0.15) is 0 Å². The Morgan fingerprint density at radius 2 is 1.68 bits per heavy atom. The quantitative estimate of drug-likeness (QED) is 0.747. The zero-order valence-corrected chi connectivity index (χ0v) is 15.2. The van der Waals surface area contributed by atoms with Crippen molar-refractivity contribution in [3.05, 3.63) is 0 Å². The largest absolute Gasteiger partial charge is 0.377 e. The highest BCUT2D eigenvalue weighted by Crippen LogP contribution is 2.27. The van der Waals surface area contributed by atoms with Crippen LogP contribution in [0.2, 0.25) is 0 Å². The minimum Gasteiger partial charge on any atom is -0.377 e. The molecule has 2 rings (SSSR count). The number of likely N-dealkylation sites (N-methyl/N-ethyl adjacent to an activating group) is 1. The van der Waals surface area contributed by atoms with E-state index in [0.717, 1.165) is 45.6 Å². The lowest BCUT2D eigenvalue weighted by molar-refractivity contribution is -0.135. The minimum atomic E-state index is 0.155. The summed E-state index contributed by atoms with van der Waals surface area (Å²) in [6.45, 7) is 15.6. The maximum atomic E-state index is 11.2. The molecule has 1 saturated carbocycles. The molecule has 1 heterocycles. The van der Waals surface area contributed by atoms with Crippen molar-refractivity contribution in [3.63, 3.8) is 0 Å². The van der Waals surface area contributed by atoms with Gasteiger partial charge >= 0.3 is 0 Å². The fourth-order valence-electron chi connectivity index (χ4n) is 2.92. The van der Waals surface area contributed by atoms with Crippen LogP contribution in [0, 0.1) is 0 Å². The van der Waals surface area contributed by atoms with Gasteiger partial charge in [-0.2, -0.15) is 0 Å². The Morgan fingerprint density at radius 3 is 2.18 bits per heavy atom. The molecule has 5 heteroatoms. The van der Waals surface area contributed by atoms with E-state index in [0.29, 0.717) is 12.1 Å². The predicted octanol–water partition coefficient (Wildman–Crippen LogP) is 1.68. The first kappa shape index (κ1) is 19.4. The molecular weight excluding hydrogens is 278 g/mol. The van der Waals surface area contributed by atoms with E-state index >= 15 is 0 Å². The highest BCUT2D eigenvalue weighted by molar-refractivity contribution is 5.73. The van der Waals surface area contributed by atoms with Crippen LogP contribution in [-0.4, -0.2) is 85.7 Å². The molecule has 0 aromatic heterocycles. The molecule has 0 aromatic rings. The van der Waals surface area contributed by atoms with Crippen molar-refractivity contribution in [2.24, 2.45) is 0 Å². The molecule has 0 radical (unpaired) electrons. The molecule has 0 spiro atoms. The van der Waals surface area contributed by atoms with Crippen molar-refractivity contribution in [3.8, 4) is 0 Å². The van der Waals surface area contributed by atoms with E-state index in [2.05, 4.69) is 16.7 Å². The molecule has 130 valence electrons. The fourth-order valence-corrected chi connectivity index (χ4v) is 2.92. The average Bonchev–Trinajstić information content (AvgIpc) is 2.51. The molecule has 1 aliphatic carbocycles. The number of rotatable bonds is 6. The predicted molar refractivity (Wildman–Crippen MR) is 91.1 cm³/mol. The number of nitrogens with zero attached hydrogens (tertiary/aromatic N) is 3. The molecule has 0 unspecified atom stereocenters. The number of carbonyl (C=O) groups is 1. The Hall–Kier alpha value is -0.650. The first-order valence-electron chi connectivity index (χ1n) is 8.89. The van der Waals surface area contributed by atoms with Crippen molar-refractivity contribution >= 4 is 5.91 Å². The van der Waals surface area contributed by atoms with Crippen LogP contribution in [0.4, 0.5) is 0 Å². The molecule has 22 heavy (non-hydrogen) atoms. The Kier molecular flexibility index (Phi) is 8.98. The van der Waals surface area contributed by atoms with Gasteiger partial charge in [-0.05, 0) is 19.4 Å². The molecule has 0 atom stereocenters. The second-order valence-electron chi connectivity index (χ2n) is 6.02. The van der Waals surface area contributed by atoms with Gasteiger partial charge in [0.05, 0.1) is 12.7 Å². The molecule has 2 fully saturated rings. The van der Waals surface area contributed by atoms with Gasteiger partial charge in [0.25, 0.3) is 0 Å². The van der Waals surface area contributed by atoms with E-state index in [4.69, 9.17) is 4.74 Å². The summed E-state index contributed by atoms with van der Waals surface area (Å²) in [5.74, 6) is 0.155. The summed E-state index contributed by atoms with van der Waals surface area (Å²) in [6, 6.07) is 0.394. The highest BCUT2D eigenvalue weighted by Gasteiger charge is 2.33. The zero-order chi connectivity index (χ0) is 16.5. The third-order valence-corrected chi connectivity index (χ3v) is 4.79. The molecule has 0 bridgehead atoms. The van der Waals surface area contributed by atoms with Crippen LogP contribution in [0.3, 0.4) is 0 Å². The van der Waals surface area contributed by atoms with Gasteiger partial charge in [0.15, 0.2) is 0 Å². The first-order valence-corrected chi connectivity index (χ1v) is 8.89. The van der Waals surface area contributed by atoms with Crippen LogP contribution in [0.25, 0.3) is 0 Å². The van der Waals surface area contributed by atoms with Crippen molar-refractivity contribution in [2.45, 2.75) is 52.7 Å².